The molecule has 2 heterocycles. The molecule has 57 heavy (non-hydrogen) atoms. The number of ketones is 1. The first-order chi connectivity index (χ1) is 27.0. The third-order valence-corrected chi connectivity index (χ3v) is 11.5. The summed E-state index contributed by atoms with van der Waals surface area (Å²) < 4.78 is 39.2. The van der Waals surface area contributed by atoms with Gasteiger partial charge in [-0.1, -0.05) is 36.4 Å². The number of hydrogen-bond donors (Lipinski definition) is 1. The molecule has 2 amide bonds. The lowest BCUT2D eigenvalue weighted by Gasteiger charge is -2.45. The van der Waals surface area contributed by atoms with Gasteiger partial charge in [-0.2, -0.15) is 0 Å². The number of benzene rings is 1. The number of carbonyl (C=O) groups excluding carboxylic acids is 3. The Labute approximate surface area is 339 Å². The fourth-order valence-corrected chi connectivity index (χ4v) is 8.59. The highest BCUT2D eigenvalue weighted by molar-refractivity contribution is 5.82. The van der Waals surface area contributed by atoms with E-state index in [-0.39, 0.29) is 61.5 Å². The van der Waals surface area contributed by atoms with Crippen LogP contribution in [0, 0.1) is 5.92 Å². The van der Waals surface area contributed by atoms with Crippen molar-refractivity contribution < 1.29 is 32.6 Å². The van der Waals surface area contributed by atoms with E-state index in [4.69, 9.17) is 14.5 Å². The lowest BCUT2D eigenvalue weighted by Crippen LogP contribution is -2.60. The summed E-state index contributed by atoms with van der Waals surface area (Å²) in [5.41, 5.74) is 2.25. The Kier molecular flexibility index (Phi) is 15.5. The van der Waals surface area contributed by atoms with Gasteiger partial charge in [0.15, 0.2) is 0 Å². The Morgan fingerprint density at radius 1 is 0.947 bits per heavy atom. The predicted octanol–water partition coefficient (Wildman–Crippen LogP) is 8.95. The first kappa shape index (κ1) is 44.5. The Morgan fingerprint density at radius 2 is 1.67 bits per heavy atom. The fourth-order valence-electron chi connectivity index (χ4n) is 8.59. The van der Waals surface area contributed by atoms with Crippen molar-refractivity contribution in [3.8, 4) is 0 Å². The average Bonchev–Trinajstić information content (AvgIpc) is 3.14. The molecule has 12 heteroatoms. The van der Waals surface area contributed by atoms with Crippen molar-refractivity contribution in [2.75, 3.05) is 45.8 Å². The molecule has 1 saturated heterocycles. The Bertz CT molecular complexity index is 1600. The standard InChI is InChI=1S/C45H67F2N5O5/c1-43(2,3)56-41(54)49-24-10-11-26-51(38-18-12-16-35-17-13-25-48-40(35)38)32-37-31-50(28-29-52(37)42(55)57-44(4,5)6)27-21-36(33-14-8-7-9-15-33)30-39(53)34-19-22-45(46,47)23-20-34/h7-9,13-15,17,25,34,36-38H,10-12,16,18-24,26-32H2,1-6H3,(H,49,54)/t36-,37+,38+/m1/s1. The van der Waals surface area contributed by atoms with Crippen LogP contribution in [0.5, 0.6) is 0 Å². The molecular formula is C45H67F2N5O5. The van der Waals surface area contributed by atoms with Crippen LogP contribution < -0.4 is 5.32 Å². The summed E-state index contributed by atoms with van der Waals surface area (Å²) in [4.78, 5) is 51.4. The summed E-state index contributed by atoms with van der Waals surface area (Å²) in [5.74, 6) is -2.92. The molecule has 0 radical (unpaired) electrons. The zero-order chi connectivity index (χ0) is 41.2. The summed E-state index contributed by atoms with van der Waals surface area (Å²) in [5, 5.41) is 2.89. The maximum absolute atomic E-state index is 13.9. The number of hydrogen-bond acceptors (Lipinski definition) is 8. The van der Waals surface area contributed by atoms with Crippen LogP contribution in [-0.4, -0.2) is 107 Å². The molecule has 2 aliphatic carbocycles. The minimum atomic E-state index is -2.67. The van der Waals surface area contributed by atoms with E-state index in [0.29, 0.717) is 39.1 Å². The molecule has 1 N–H and O–H groups in total. The molecule has 5 rings (SSSR count). The number of carbonyl (C=O) groups is 3. The van der Waals surface area contributed by atoms with Gasteiger partial charge in [0, 0.05) is 64.1 Å². The molecule has 1 aromatic carbocycles. The average molecular weight is 796 g/mol. The maximum Gasteiger partial charge on any atom is 0.410 e. The van der Waals surface area contributed by atoms with Crippen LogP contribution in [0.3, 0.4) is 0 Å². The number of aromatic nitrogens is 1. The highest BCUT2D eigenvalue weighted by atomic mass is 19.3. The zero-order valence-corrected chi connectivity index (χ0v) is 35.2. The van der Waals surface area contributed by atoms with Crippen molar-refractivity contribution in [2.24, 2.45) is 5.92 Å². The minimum absolute atomic E-state index is 0.0286. The third-order valence-electron chi connectivity index (χ3n) is 11.5. The number of pyridine rings is 1. The van der Waals surface area contributed by atoms with E-state index in [1.54, 1.807) is 0 Å². The summed E-state index contributed by atoms with van der Waals surface area (Å²) in [6.45, 7) is 15.7. The molecule has 1 saturated carbocycles. The molecule has 3 atom stereocenters. The van der Waals surface area contributed by atoms with Gasteiger partial charge in [-0.15, -0.1) is 0 Å². The molecule has 0 spiro atoms. The van der Waals surface area contributed by atoms with Crippen molar-refractivity contribution in [1.29, 1.82) is 0 Å². The zero-order valence-electron chi connectivity index (χ0n) is 35.2. The number of aryl methyl sites for hydroxylation is 1. The third kappa shape index (κ3) is 14.0. The lowest BCUT2D eigenvalue weighted by atomic mass is 9.79. The first-order valence-corrected chi connectivity index (χ1v) is 21.3. The molecule has 0 unspecified atom stereocenters. The fraction of sp³-hybridized carbons (Fsp3) is 0.689. The van der Waals surface area contributed by atoms with Gasteiger partial charge in [0.2, 0.25) is 5.92 Å². The number of nitrogens with one attached hydrogen (secondary N) is 1. The largest absolute Gasteiger partial charge is 0.444 e. The Morgan fingerprint density at radius 3 is 2.37 bits per heavy atom. The number of alkyl carbamates (subject to hydrolysis) is 1. The van der Waals surface area contributed by atoms with E-state index in [2.05, 4.69) is 33.3 Å². The maximum atomic E-state index is 13.9. The summed E-state index contributed by atoms with van der Waals surface area (Å²) in [6, 6.07) is 14.2. The van der Waals surface area contributed by atoms with Gasteiger partial charge >= 0.3 is 12.2 Å². The van der Waals surface area contributed by atoms with Gasteiger partial charge in [0.25, 0.3) is 0 Å². The lowest BCUT2D eigenvalue weighted by molar-refractivity contribution is -0.127. The topological polar surface area (TPSA) is 104 Å². The van der Waals surface area contributed by atoms with Crippen molar-refractivity contribution in [1.82, 2.24) is 25.0 Å². The second kappa shape index (κ2) is 19.9. The molecule has 10 nitrogen and oxygen atoms in total. The number of rotatable bonds is 15. The molecule has 2 fully saturated rings. The first-order valence-electron chi connectivity index (χ1n) is 21.3. The monoisotopic (exact) mass is 796 g/mol. The highest BCUT2D eigenvalue weighted by Crippen LogP contribution is 2.39. The van der Waals surface area contributed by atoms with E-state index < -0.39 is 23.2 Å². The number of Topliss-reactive ketones (excluding diaryl/α,β-unsaturated/α-hetero) is 1. The van der Waals surface area contributed by atoms with Crippen LogP contribution in [0.2, 0.25) is 0 Å². The number of alkyl halides is 2. The smallest absolute Gasteiger partial charge is 0.410 e. The normalized spacial score (nSPS) is 21.1. The Hall–Kier alpha value is -3.64. The van der Waals surface area contributed by atoms with E-state index in [1.807, 2.05) is 76.9 Å². The molecular weight excluding hydrogens is 729 g/mol. The van der Waals surface area contributed by atoms with E-state index in [9.17, 15) is 23.2 Å². The minimum Gasteiger partial charge on any atom is -0.444 e. The second-order valence-electron chi connectivity index (χ2n) is 18.4. The van der Waals surface area contributed by atoms with Crippen molar-refractivity contribution in [3.63, 3.8) is 0 Å². The van der Waals surface area contributed by atoms with E-state index >= 15 is 0 Å². The van der Waals surface area contributed by atoms with Gasteiger partial charge in [-0.25, -0.2) is 18.4 Å². The molecule has 316 valence electrons. The molecule has 3 aliphatic rings. The van der Waals surface area contributed by atoms with Crippen molar-refractivity contribution >= 4 is 18.0 Å². The number of nitrogens with zero attached hydrogens (tertiary/aromatic N) is 4. The summed E-state index contributed by atoms with van der Waals surface area (Å²) >= 11 is 0. The molecule has 1 aliphatic heterocycles. The van der Waals surface area contributed by atoms with Gasteiger partial charge in [0.05, 0.1) is 17.8 Å². The van der Waals surface area contributed by atoms with Crippen molar-refractivity contribution in [2.45, 2.75) is 147 Å². The number of ether oxygens (including phenoxy) is 2. The number of unbranched alkanes of at least 4 members (excludes halogenated alkanes) is 1. The van der Waals surface area contributed by atoms with Crippen LogP contribution in [0.4, 0.5) is 18.4 Å². The second-order valence-corrected chi connectivity index (χ2v) is 18.4. The van der Waals surface area contributed by atoms with Crippen molar-refractivity contribution in [3.05, 3.63) is 65.5 Å². The van der Waals surface area contributed by atoms with Gasteiger partial charge in [0.1, 0.15) is 17.0 Å². The summed E-state index contributed by atoms with van der Waals surface area (Å²) in [6.07, 6.45) is 6.90. The van der Waals surface area contributed by atoms with Crippen LogP contribution in [0.1, 0.15) is 135 Å². The van der Waals surface area contributed by atoms with Gasteiger partial charge in [-0.05, 0) is 129 Å². The van der Waals surface area contributed by atoms with Crippen LogP contribution in [0.15, 0.2) is 48.7 Å². The predicted molar refractivity (Wildman–Crippen MR) is 218 cm³/mol. The number of fused-ring (bicyclic) bond motifs is 1. The molecule has 0 bridgehead atoms. The number of halogens is 2. The Balaban J connectivity index is 1.31. The van der Waals surface area contributed by atoms with Gasteiger partial charge < -0.3 is 19.7 Å². The number of piperazine rings is 1. The SMILES string of the molecule is CC(C)(C)OC(=O)NCCCCN(C[C@@H]1CN(CC[C@H](CC(=O)C2CCC(F)(F)CC2)c2ccccc2)CCN1C(=O)OC(C)(C)C)[C@H]1CCCc2cccnc21. The van der Waals surface area contributed by atoms with Crippen LogP contribution in [-0.2, 0) is 20.7 Å². The van der Waals surface area contributed by atoms with Crippen LogP contribution in [0.25, 0.3) is 0 Å². The highest BCUT2D eigenvalue weighted by Gasteiger charge is 2.39. The number of amides is 2. The van der Waals surface area contributed by atoms with E-state index in [0.717, 1.165) is 62.9 Å². The molecule has 1 aromatic heterocycles. The quantitative estimate of drug-likeness (QED) is 0.178. The van der Waals surface area contributed by atoms with Crippen LogP contribution >= 0.6 is 0 Å². The van der Waals surface area contributed by atoms with E-state index in [1.165, 1.54) is 5.56 Å². The van der Waals surface area contributed by atoms with Gasteiger partial charge in [-0.3, -0.25) is 19.6 Å². The molecule has 2 aromatic rings. The summed E-state index contributed by atoms with van der Waals surface area (Å²) in [7, 11) is 0.